The number of carbonyl (C=O) groups excluding carboxylic acids is 1. The molecule has 4 saturated carbocycles. The second kappa shape index (κ2) is 6.11. The maximum atomic E-state index is 12.7. The molecule has 7 heteroatoms. The van der Waals surface area contributed by atoms with Crippen LogP contribution in [0.2, 0.25) is 0 Å². The molecular weight excluding hydrogens is 332 g/mol. The minimum atomic E-state index is -4.12. The molecule has 4 fully saturated rings. The fourth-order valence-corrected chi connectivity index (χ4v) is 5.55. The van der Waals surface area contributed by atoms with Crippen molar-refractivity contribution in [1.29, 1.82) is 0 Å². The van der Waals surface area contributed by atoms with Crippen LogP contribution >= 0.6 is 0 Å². The minimum absolute atomic E-state index is 0.273. The Morgan fingerprint density at radius 2 is 1.88 bits per heavy atom. The largest absolute Gasteiger partial charge is 0.464 e. The summed E-state index contributed by atoms with van der Waals surface area (Å²) in [6.07, 6.45) is 5.34. The van der Waals surface area contributed by atoms with Gasteiger partial charge < -0.3 is 9.47 Å². The van der Waals surface area contributed by atoms with Crippen LogP contribution in [0.1, 0.15) is 45.4 Å². The normalized spacial score (nSPS) is 37.4. The van der Waals surface area contributed by atoms with E-state index >= 15 is 0 Å². The van der Waals surface area contributed by atoms with Crippen LogP contribution in [0.3, 0.4) is 0 Å². The minimum Gasteiger partial charge on any atom is -0.464 e. The summed E-state index contributed by atoms with van der Waals surface area (Å²) >= 11 is 0. The molecule has 24 heavy (non-hydrogen) atoms. The Bertz CT molecular complexity index is 623. The number of hydrogen-bond donors (Lipinski definition) is 1. The van der Waals surface area contributed by atoms with Gasteiger partial charge in [-0.2, -0.15) is 8.42 Å². The van der Waals surface area contributed by atoms with Crippen molar-refractivity contribution in [2.45, 2.75) is 51.0 Å². The fraction of sp³-hybridized carbons (Fsp3) is 0.824. The molecule has 136 valence electrons. The van der Waals surface area contributed by atoms with E-state index in [9.17, 15) is 13.2 Å². The van der Waals surface area contributed by atoms with Crippen molar-refractivity contribution in [1.82, 2.24) is 0 Å². The molecule has 0 spiro atoms. The first-order valence-corrected chi connectivity index (χ1v) is 10.1. The zero-order valence-corrected chi connectivity index (χ0v) is 14.9. The van der Waals surface area contributed by atoms with Gasteiger partial charge in [-0.05, 0) is 57.3 Å². The lowest BCUT2D eigenvalue weighted by Gasteiger charge is -2.60. The van der Waals surface area contributed by atoms with E-state index < -0.39 is 21.3 Å². The van der Waals surface area contributed by atoms with Gasteiger partial charge in [0.2, 0.25) is 0 Å². The van der Waals surface area contributed by atoms with Crippen LogP contribution in [0.25, 0.3) is 0 Å². The van der Waals surface area contributed by atoms with E-state index in [-0.39, 0.29) is 18.2 Å². The summed E-state index contributed by atoms with van der Waals surface area (Å²) < 4.78 is 41.8. The molecule has 0 amide bonds. The third kappa shape index (κ3) is 3.68. The highest BCUT2D eigenvalue weighted by atomic mass is 32.2. The van der Waals surface area contributed by atoms with E-state index in [1.54, 1.807) is 0 Å². The van der Waals surface area contributed by atoms with Crippen molar-refractivity contribution in [3.63, 3.8) is 0 Å². The molecule has 0 heterocycles. The maximum Gasteiger partial charge on any atom is 0.312 e. The first-order chi connectivity index (χ1) is 11.1. The summed E-state index contributed by atoms with van der Waals surface area (Å²) in [5.41, 5.74) is 0.138. The van der Waals surface area contributed by atoms with Crippen LogP contribution < -0.4 is 0 Å². The standard InChI is InChI=1S/C17H26O6S/c1-12(2)10-23-17-8-13-5-14(9-17)7-16(6-13,11-17)15(18)22-3-4-24(19,20)21/h13-14H,1,3-11H2,2H3,(H,19,20,21). The number of carbonyl (C=O) groups is 1. The third-order valence-corrected chi connectivity index (χ3v) is 6.32. The van der Waals surface area contributed by atoms with E-state index in [0.717, 1.165) is 37.7 Å². The Hall–Kier alpha value is -0.920. The topological polar surface area (TPSA) is 89.9 Å². The molecule has 4 aliphatic carbocycles. The first kappa shape index (κ1) is 17.9. The van der Waals surface area contributed by atoms with Crippen molar-refractivity contribution in [2.24, 2.45) is 17.3 Å². The monoisotopic (exact) mass is 358 g/mol. The number of esters is 1. The molecule has 4 rings (SSSR count). The first-order valence-electron chi connectivity index (χ1n) is 8.52. The van der Waals surface area contributed by atoms with E-state index in [4.69, 9.17) is 14.0 Å². The molecule has 0 saturated heterocycles. The highest BCUT2D eigenvalue weighted by molar-refractivity contribution is 7.85. The summed E-state index contributed by atoms with van der Waals surface area (Å²) in [5.74, 6) is 0.0402. The van der Waals surface area contributed by atoms with E-state index in [1.807, 2.05) is 6.92 Å². The van der Waals surface area contributed by atoms with Crippen molar-refractivity contribution in [2.75, 3.05) is 19.0 Å². The highest BCUT2D eigenvalue weighted by Gasteiger charge is 2.61. The molecule has 6 nitrogen and oxygen atoms in total. The Morgan fingerprint density at radius 1 is 1.25 bits per heavy atom. The van der Waals surface area contributed by atoms with Gasteiger partial charge in [0.05, 0.1) is 17.6 Å². The lowest BCUT2D eigenvalue weighted by atomic mass is 9.48. The molecule has 0 radical (unpaired) electrons. The van der Waals surface area contributed by atoms with Gasteiger partial charge in [-0.1, -0.05) is 12.2 Å². The molecule has 1 N–H and O–H groups in total. The molecule has 4 bridgehead atoms. The zero-order chi connectivity index (χ0) is 17.6. The average Bonchev–Trinajstić information content (AvgIpc) is 2.42. The summed E-state index contributed by atoms with van der Waals surface area (Å²) in [5, 5.41) is 0. The van der Waals surface area contributed by atoms with E-state index in [2.05, 4.69) is 6.58 Å². The van der Waals surface area contributed by atoms with E-state index in [0.29, 0.717) is 24.9 Å². The number of hydrogen-bond acceptors (Lipinski definition) is 5. The number of ether oxygens (including phenoxy) is 2. The Kier molecular flexibility index (Phi) is 4.55. The van der Waals surface area contributed by atoms with Crippen LogP contribution in [0.5, 0.6) is 0 Å². The van der Waals surface area contributed by atoms with Crippen molar-refractivity contribution in [3.8, 4) is 0 Å². The van der Waals surface area contributed by atoms with Gasteiger partial charge in [0, 0.05) is 0 Å². The van der Waals surface area contributed by atoms with Crippen molar-refractivity contribution < 1.29 is 27.2 Å². The van der Waals surface area contributed by atoms with Gasteiger partial charge in [-0.25, -0.2) is 0 Å². The third-order valence-electron chi connectivity index (χ3n) is 5.64. The molecular formula is C17H26O6S. The molecule has 0 aromatic carbocycles. The molecule has 0 aliphatic heterocycles. The molecule has 2 unspecified atom stereocenters. The summed E-state index contributed by atoms with van der Waals surface area (Å²) in [6.45, 7) is 6.03. The fourth-order valence-electron chi connectivity index (χ4n) is 5.26. The smallest absolute Gasteiger partial charge is 0.312 e. The molecule has 0 aromatic heterocycles. The predicted molar refractivity (Wildman–Crippen MR) is 88.0 cm³/mol. The van der Waals surface area contributed by atoms with Gasteiger partial charge >= 0.3 is 5.97 Å². The summed E-state index contributed by atoms with van der Waals surface area (Å²) in [7, 11) is -4.12. The van der Waals surface area contributed by atoms with Gasteiger partial charge in [0.25, 0.3) is 10.1 Å². The predicted octanol–water partition coefficient (Wildman–Crippen LogP) is 2.35. The van der Waals surface area contributed by atoms with Crippen LogP contribution in [0, 0.1) is 17.3 Å². The molecule has 4 aliphatic rings. The van der Waals surface area contributed by atoms with Crippen LogP contribution in [0.15, 0.2) is 12.2 Å². The second-order valence-corrected chi connectivity index (χ2v) is 9.66. The van der Waals surface area contributed by atoms with Gasteiger partial charge in [0.15, 0.2) is 0 Å². The van der Waals surface area contributed by atoms with Crippen molar-refractivity contribution >= 4 is 16.1 Å². The second-order valence-electron chi connectivity index (χ2n) is 8.09. The Balaban J connectivity index is 1.70. The zero-order valence-electron chi connectivity index (χ0n) is 14.1. The van der Waals surface area contributed by atoms with Crippen LogP contribution in [-0.2, 0) is 24.4 Å². The van der Waals surface area contributed by atoms with Crippen molar-refractivity contribution in [3.05, 3.63) is 12.2 Å². The highest BCUT2D eigenvalue weighted by Crippen LogP contribution is 2.63. The molecule has 2 atom stereocenters. The van der Waals surface area contributed by atoms with E-state index in [1.165, 1.54) is 0 Å². The van der Waals surface area contributed by atoms with Crippen LogP contribution in [-0.4, -0.2) is 43.5 Å². The van der Waals surface area contributed by atoms with Gasteiger partial charge in [-0.15, -0.1) is 0 Å². The summed E-state index contributed by atoms with van der Waals surface area (Å²) in [6, 6.07) is 0. The van der Waals surface area contributed by atoms with Crippen LogP contribution in [0.4, 0.5) is 0 Å². The number of rotatable bonds is 7. The Morgan fingerprint density at radius 3 is 2.42 bits per heavy atom. The summed E-state index contributed by atoms with van der Waals surface area (Å²) in [4.78, 5) is 12.7. The lowest BCUT2D eigenvalue weighted by Crippen LogP contribution is -2.59. The van der Waals surface area contributed by atoms with Gasteiger partial charge in [0.1, 0.15) is 12.4 Å². The SMILES string of the molecule is C=C(C)COC12CC3CC(C1)CC(C(=O)OCCS(=O)(=O)O)(C3)C2. The maximum absolute atomic E-state index is 12.7. The lowest BCUT2D eigenvalue weighted by molar-refractivity contribution is -0.207. The quantitative estimate of drug-likeness (QED) is 0.427. The average molecular weight is 358 g/mol. The Labute approximate surface area is 143 Å². The molecule has 0 aromatic rings. The van der Waals surface area contributed by atoms with Gasteiger partial charge in [-0.3, -0.25) is 9.35 Å².